The molecule has 1 aromatic rings. The highest BCUT2D eigenvalue weighted by Crippen LogP contribution is 2.57. The summed E-state index contributed by atoms with van der Waals surface area (Å²) >= 11 is 0. The van der Waals surface area contributed by atoms with E-state index in [9.17, 15) is 0 Å². The summed E-state index contributed by atoms with van der Waals surface area (Å²) in [5, 5.41) is 0. The summed E-state index contributed by atoms with van der Waals surface area (Å²) in [5.74, 6) is 3.13. The highest BCUT2D eigenvalue weighted by atomic mass is 15.2. The Labute approximate surface area is 115 Å². The quantitative estimate of drug-likeness (QED) is 0.901. The van der Waals surface area contributed by atoms with E-state index in [0.717, 1.165) is 24.2 Å². The molecule has 4 fully saturated rings. The summed E-state index contributed by atoms with van der Waals surface area (Å²) in [4.78, 5) is 10.0. The number of rotatable bonds is 4. The van der Waals surface area contributed by atoms with Crippen molar-refractivity contribution in [3.63, 3.8) is 0 Å². The third kappa shape index (κ3) is 2.03. The summed E-state index contributed by atoms with van der Waals surface area (Å²) in [6, 6.07) is 0. The van der Waals surface area contributed by atoms with E-state index in [2.05, 4.69) is 21.9 Å². The molecule has 1 heterocycles. The molecule has 3 heteroatoms. The van der Waals surface area contributed by atoms with Crippen molar-refractivity contribution in [3.8, 4) is 0 Å². The number of aromatic amines is 1. The molecule has 4 bridgehead atoms. The van der Waals surface area contributed by atoms with Crippen LogP contribution in [0, 0.1) is 17.8 Å². The first kappa shape index (κ1) is 12.0. The Kier molecular flexibility index (Phi) is 2.73. The highest BCUT2D eigenvalue weighted by molar-refractivity contribution is 5.07. The Balaban J connectivity index is 1.45. The van der Waals surface area contributed by atoms with Crippen LogP contribution in [-0.4, -0.2) is 34.0 Å². The van der Waals surface area contributed by atoms with Gasteiger partial charge >= 0.3 is 0 Å². The molecule has 0 aliphatic heterocycles. The maximum atomic E-state index is 4.12. The van der Waals surface area contributed by atoms with Crippen molar-refractivity contribution < 1.29 is 0 Å². The summed E-state index contributed by atoms with van der Waals surface area (Å²) in [5.41, 5.74) is 1.82. The minimum Gasteiger partial charge on any atom is -0.348 e. The van der Waals surface area contributed by atoms with Gasteiger partial charge in [-0.2, -0.15) is 0 Å². The van der Waals surface area contributed by atoms with Crippen molar-refractivity contribution in [1.29, 1.82) is 0 Å². The molecule has 0 aromatic carbocycles. The number of nitrogens with one attached hydrogen (secondary N) is 1. The topological polar surface area (TPSA) is 31.9 Å². The van der Waals surface area contributed by atoms with Gasteiger partial charge in [0.05, 0.1) is 6.33 Å². The zero-order valence-electron chi connectivity index (χ0n) is 11.9. The average molecular weight is 259 g/mol. The van der Waals surface area contributed by atoms with E-state index in [-0.39, 0.29) is 0 Å². The molecule has 0 amide bonds. The fraction of sp³-hybridized carbons (Fsp3) is 0.812. The molecular weight excluding hydrogens is 234 g/mol. The SMILES string of the molecule is CN(CCc1cnc[nH]1)C12CC3CC(CC(C3)C1)C2. The Morgan fingerprint density at radius 1 is 1.21 bits per heavy atom. The monoisotopic (exact) mass is 259 g/mol. The van der Waals surface area contributed by atoms with Crippen LogP contribution in [0.1, 0.15) is 44.2 Å². The van der Waals surface area contributed by atoms with Gasteiger partial charge in [0.1, 0.15) is 0 Å². The lowest BCUT2D eigenvalue weighted by Crippen LogP contribution is -2.59. The first-order chi connectivity index (χ1) is 9.23. The largest absolute Gasteiger partial charge is 0.348 e. The normalized spacial score (nSPS) is 40.2. The molecular formula is C16H25N3. The highest BCUT2D eigenvalue weighted by Gasteiger charge is 2.52. The van der Waals surface area contributed by atoms with Crippen LogP contribution in [0.2, 0.25) is 0 Å². The van der Waals surface area contributed by atoms with E-state index in [1.165, 1.54) is 50.8 Å². The maximum Gasteiger partial charge on any atom is 0.0921 e. The van der Waals surface area contributed by atoms with Crippen LogP contribution in [0.15, 0.2) is 12.5 Å². The predicted octanol–water partition coefficient (Wildman–Crippen LogP) is 2.85. The lowest BCUT2D eigenvalue weighted by molar-refractivity contribution is -0.0786. The summed E-state index contributed by atoms with van der Waals surface area (Å²) in [6.45, 7) is 1.17. The molecule has 0 saturated heterocycles. The lowest BCUT2D eigenvalue weighted by atomic mass is 9.52. The van der Waals surface area contributed by atoms with Gasteiger partial charge in [-0.25, -0.2) is 4.98 Å². The Morgan fingerprint density at radius 2 is 1.84 bits per heavy atom. The maximum absolute atomic E-state index is 4.12. The number of hydrogen-bond donors (Lipinski definition) is 1. The molecule has 4 aliphatic carbocycles. The zero-order chi connectivity index (χ0) is 12.9. The standard InChI is InChI=1S/C16H25N3/c1-19(3-2-15-10-17-11-18-15)16-7-12-4-13(8-16)6-14(5-12)9-16/h10-14H,2-9H2,1H3,(H,17,18). The van der Waals surface area contributed by atoms with Gasteiger partial charge in [-0.1, -0.05) is 0 Å². The van der Waals surface area contributed by atoms with Crippen molar-refractivity contribution in [2.75, 3.05) is 13.6 Å². The van der Waals surface area contributed by atoms with Crippen LogP contribution in [-0.2, 0) is 6.42 Å². The van der Waals surface area contributed by atoms with Crippen LogP contribution >= 0.6 is 0 Å². The van der Waals surface area contributed by atoms with Crippen molar-refractivity contribution in [1.82, 2.24) is 14.9 Å². The molecule has 5 rings (SSSR count). The third-order valence-corrected chi connectivity index (χ3v) is 6.09. The van der Waals surface area contributed by atoms with E-state index in [4.69, 9.17) is 0 Å². The fourth-order valence-corrected chi connectivity index (χ4v) is 5.48. The summed E-state index contributed by atoms with van der Waals surface area (Å²) < 4.78 is 0. The molecule has 0 radical (unpaired) electrons. The molecule has 4 aliphatic rings. The van der Waals surface area contributed by atoms with Crippen LogP contribution in [0.4, 0.5) is 0 Å². The molecule has 1 N–H and O–H groups in total. The number of likely N-dealkylation sites (N-methyl/N-ethyl adjacent to an activating group) is 1. The van der Waals surface area contributed by atoms with Gasteiger partial charge in [0.15, 0.2) is 0 Å². The molecule has 1 aromatic heterocycles. The lowest BCUT2D eigenvalue weighted by Gasteiger charge is -2.60. The van der Waals surface area contributed by atoms with E-state index >= 15 is 0 Å². The Hall–Kier alpha value is -0.830. The number of hydrogen-bond acceptors (Lipinski definition) is 2. The van der Waals surface area contributed by atoms with Crippen molar-refractivity contribution in [2.45, 2.75) is 50.5 Å². The van der Waals surface area contributed by atoms with E-state index < -0.39 is 0 Å². The van der Waals surface area contributed by atoms with Gasteiger partial charge in [0, 0.05) is 30.4 Å². The van der Waals surface area contributed by atoms with Gasteiger partial charge in [-0.15, -0.1) is 0 Å². The van der Waals surface area contributed by atoms with Gasteiger partial charge < -0.3 is 9.88 Å². The Bertz CT molecular complexity index is 402. The minimum absolute atomic E-state index is 0.550. The first-order valence-corrected chi connectivity index (χ1v) is 7.92. The molecule has 0 unspecified atom stereocenters. The Morgan fingerprint density at radius 3 is 2.37 bits per heavy atom. The molecule has 19 heavy (non-hydrogen) atoms. The second-order valence-corrected chi connectivity index (χ2v) is 7.39. The van der Waals surface area contributed by atoms with E-state index in [1.54, 1.807) is 6.33 Å². The molecule has 4 saturated carbocycles. The van der Waals surface area contributed by atoms with Gasteiger partial charge in [0.25, 0.3) is 0 Å². The third-order valence-electron chi connectivity index (χ3n) is 6.09. The van der Waals surface area contributed by atoms with Crippen LogP contribution in [0.3, 0.4) is 0 Å². The van der Waals surface area contributed by atoms with Crippen molar-refractivity contribution in [3.05, 3.63) is 18.2 Å². The molecule has 0 spiro atoms. The smallest absolute Gasteiger partial charge is 0.0921 e. The van der Waals surface area contributed by atoms with Crippen LogP contribution in [0.25, 0.3) is 0 Å². The number of nitrogens with zero attached hydrogens (tertiary/aromatic N) is 2. The molecule has 104 valence electrons. The zero-order valence-corrected chi connectivity index (χ0v) is 11.9. The molecule has 3 nitrogen and oxygen atoms in total. The number of imidazole rings is 1. The summed E-state index contributed by atoms with van der Waals surface area (Å²) in [7, 11) is 2.36. The van der Waals surface area contributed by atoms with E-state index in [1.807, 2.05) is 6.20 Å². The number of aromatic nitrogens is 2. The minimum atomic E-state index is 0.550. The summed E-state index contributed by atoms with van der Waals surface area (Å²) in [6.07, 6.45) is 13.9. The first-order valence-electron chi connectivity index (χ1n) is 7.92. The average Bonchev–Trinajstić information content (AvgIpc) is 2.87. The predicted molar refractivity (Wildman–Crippen MR) is 75.8 cm³/mol. The second kappa shape index (κ2) is 4.34. The van der Waals surface area contributed by atoms with Crippen LogP contribution < -0.4 is 0 Å². The second-order valence-electron chi connectivity index (χ2n) is 7.39. The van der Waals surface area contributed by atoms with Crippen molar-refractivity contribution >= 4 is 0 Å². The fourth-order valence-electron chi connectivity index (χ4n) is 5.48. The van der Waals surface area contributed by atoms with Crippen molar-refractivity contribution in [2.24, 2.45) is 17.8 Å². The van der Waals surface area contributed by atoms with Gasteiger partial charge in [-0.3, -0.25) is 0 Å². The van der Waals surface area contributed by atoms with Crippen LogP contribution in [0.5, 0.6) is 0 Å². The molecule has 0 atom stereocenters. The van der Waals surface area contributed by atoms with Gasteiger partial charge in [-0.05, 0) is 63.3 Å². The number of H-pyrrole nitrogens is 1. The van der Waals surface area contributed by atoms with Gasteiger partial charge in [0.2, 0.25) is 0 Å². The van der Waals surface area contributed by atoms with E-state index in [0.29, 0.717) is 5.54 Å².